The van der Waals surface area contributed by atoms with Gasteiger partial charge >= 0.3 is 0 Å². The smallest absolute Gasteiger partial charge is 0.240 e. The van der Waals surface area contributed by atoms with Crippen molar-refractivity contribution in [2.45, 2.75) is 19.9 Å². The molecule has 1 N–H and O–H groups in total. The van der Waals surface area contributed by atoms with Crippen LogP contribution in [0, 0.1) is 17.2 Å². The third kappa shape index (κ3) is 3.86. The van der Waals surface area contributed by atoms with Crippen molar-refractivity contribution in [3.05, 3.63) is 35.9 Å². The van der Waals surface area contributed by atoms with Gasteiger partial charge in [0.1, 0.15) is 5.92 Å². The zero-order chi connectivity index (χ0) is 13.4. The van der Waals surface area contributed by atoms with E-state index in [0.29, 0.717) is 13.0 Å². The Bertz CT molecular complexity index is 412. The summed E-state index contributed by atoms with van der Waals surface area (Å²) < 4.78 is 0. The van der Waals surface area contributed by atoms with Crippen molar-refractivity contribution in [2.24, 2.45) is 5.92 Å². The van der Waals surface area contributed by atoms with Gasteiger partial charge in [0.05, 0.1) is 12.7 Å². The number of nitrogens with zero attached hydrogens (tertiary/aromatic N) is 2. The van der Waals surface area contributed by atoms with Gasteiger partial charge in [-0.2, -0.15) is 5.26 Å². The lowest BCUT2D eigenvalue weighted by Gasteiger charge is -2.23. The monoisotopic (exact) mass is 246 g/mol. The number of nitriles is 1. The molecule has 4 nitrogen and oxygen atoms in total. The molecule has 1 atom stereocenters. The van der Waals surface area contributed by atoms with Gasteiger partial charge < -0.3 is 10.0 Å². The number of benzene rings is 1. The number of carbonyl (C=O) groups is 1. The second-order valence-electron chi connectivity index (χ2n) is 4.06. The van der Waals surface area contributed by atoms with E-state index in [2.05, 4.69) is 0 Å². The minimum Gasteiger partial charge on any atom is -0.395 e. The van der Waals surface area contributed by atoms with E-state index in [1.54, 1.807) is 0 Å². The molecule has 0 saturated heterocycles. The van der Waals surface area contributed by atoms with Gasteiger partial charge in [-0.25, -0.2) is 0 Å². The summed E-state index contributed by atoms with van der Waals surface area (Å²) in [5.41, 5.74) is 0.993. The average molecular weight is 246 g/mol. The molecule has 1 aromatic carbocycles. The summed E-state index contributed by atoms with van der Waals surface area (Å²) >= 11 is 0. The van der Waals surface area contributed by atoms with E-state index in [-0.39, 0.29) is 19.1 Å². The van der Waals surface area contributed by atoms with Crippen LogP contribution in [0.2, 0.25) is 0 Å². The predicted molar refractivity (Wildman–Crippen MR) is 68.3 cm³/mol. The van der Waals surface area contributed by atoms with E-state index in [4.69, 9.17) is 10.4 Å². The standard InChI is InChI=1S/C14H18N2O2/c1-2-13(10-15)14(18)16(8-9-17)11-12-6-4-3-5-7-12/h3-7,13,17H,2,8-9,11H2,1H3. The number of aliphatic hydroxyl groups is 1. The van der Waals surface area contributed by atoms with Crippen molar-refractivity contribution in [2.75, 3.05) is 13.2 Å². The largest absolute Gasteiger partial charge is 0.395 e. The Labute approximate surface area is 107 Å². The quantitative estimate of drug-likeness (QED) is 0.828. The average Bonchev–Trinajstić information content (AvgIpc) is 2.40. The minimum absolute atomic E-state index is 0.0968. The van der Waals surface area contributed by atoms with E-state index in [0.717, 1.165) is 5.56 Å². The van der Waals surface area contributed by atoms with E-state index in [1.165, 1.54) is 4.90 Å². The van der Waals surface area contributed by atoms with Crippen LogP contribution in [-0.2, 0) is 11.3 Å². The minimum atomic E-state index is -0.625. The number of aliphatic hydroxyl groups excluding tert-OH is 1. The molecule has 0 aromatic heterocycles. The summed E-state index contributed by atoms with van der Waals surface area (Å²) in [6.45, 7) is 2.40. The SMILES string of the molecule is CCC(C#N)C(=O)N(CCO)Cc1ccccc1. The molecule has 0 radical (unpaired) electrons. The zero-order valence-corrected chi connectivity index (χ0v) is 10.5. The van der Waals surface area contributed by atoms with Crippen molar-refractivity contribution in [1.82, 2.24) is 4.90 Å². The maximum absolute atomic E-state index is 12.1. The Kier molecular flexibility index (Phi) is 5.89. The van der Waals surface area contributed by atoms with Crippen LogP contribution >= 0.6 is 0 Å². The molecule has 0 aliphatic heterocycles. The van der Waals surface area contributed by atoms with Crippen molar-refractivity contribution in [3.8, 4) is 6.07 Å². The second-order valence-corrected chi connectivity index (χ2v) is 4.06. The highest BCUT2D eigenvalue weighted by Crippen LogP contribution is 2.11. The molecule has 4 heteroatoms. The van der Waals surface area contributed by atoms with Crippen molar-refractivity contribution in [1.29, 1.82) is 5.26 Å². The molecule has 96 valence electrons. The van der Waals surface area contributed by atoms with E-state index < -0.39 is 5.92 Å². The van der Waals surface area contributed by atoms with Crippen LogP contribution < -0.4 is 0 Å². The highest BCUT2D eigenvalue weighted by molar-refractivity contribution is 5.81. The van der Waals surface area contributed by atoms with Crippen molar-refractivity contribution < 1.29 is 9.90 Å². The fourth-order valence-corrected chi connectivity index (χ4v) is 1.73. The highest BCUT2D eigenvalue weighted by atomic mass is 16.3. The molecule has 0 spiro atoms. The first kappa shape index (κ1) is 14.2. The van der Waals surface area contributed by atoms with Gasteiger partial charge in [0.2, 0.25) is 5.91 Å². The maximum Gasteiger partial charge on any atom is 0.240 e. The number of rotatable bonds is 6. The maximum atomic E-state index is 12.1. The van der Waals surface area contributed by atoms with Crippen LogP contribution in [0.5, 0.6) is 0 Å². The molecule has 0 saturated carbocycles. The van der Waals surface area contributed by atoms with Gasteiger partial charge in [-0.05, 0) is 12.0 Å². The summed E-state index contributed by atoms with van der Waals surface area (Å²) in [6.07, 6.45) is 0.492. The van der Waals surface area contributed by atoms with Gasteiger partial charge in [-0.1, -0.05) is 37.3 Å². The number of amides is 1. The Morgan fingerprint density at radius 3 is 2.61 bits per heavy atom. The molecule has 1 aromatic rings. The molecule has 0 aliphatic carbocycles. The first-order valence-electron chi connectivity index (χ1n) is 6.06. The first-order chi connectivity index (χ1) is 8.72. The van der Waals surface area contributed by atoms with Gasteiger partial charge in [0.15, 0.2) is 0 Å². The van der Waals surface area contributed by atoms with E-state index >= 15 is 0 Å². The molecular formula is C14H18N2O2. The van der Waals surface area contributed by atoms with E-state index in [9.17, 15) is 4.79 Å². The van der Waals surface area contributed by atoms with Gasteiger partial charge in [0, 0.05) is 13.1 Å². The fraction of sp³-hybridized carbons (Fsp3) is 0.429. The second kappa shape index (κ2) is 7.46. The van der Waals surface area contributed by atoms with Crippen LogP contribution in [0.4, 0.5) is 0 Å². The molecule has 0 aliphatic rings. The first-order valence-corrected chi connectivity index (χ1v) is 6.06. The van der Waals surface area contributed by atoms with Crippen LogP contribution in [-0.4, -0.2) is 29.1 Å². The third-order valence-electron chi connectivity index (χ3n) is 2.76. The van der Waals surface area contributed by atoms with Crippen LogP contribution in [0.3, 0.4) is 0 Å². The molecule has 0 fully saturated rings. The number of carbonyl (C=O) groups excluding carboxylic acids is 1. The Morgan fingerprint density at radius 1 is 1.44 bits per heavy atom. The fourth-order valence-electron chi connectivity index (χ4n) is 1.73. The normalized spacial score (nSPS) is 11.6. The number of hydrogen-bond acceptors (Lipinski definition) is 3. The van der Waals surface area contributed by atoms with Crippen molar-refractivity contribution >= 4 is 5.91 Å². The predicted octanol–water partition coefficient (Wildman–Crippen LogP) is 1.56. The molecule has 0 heterocycles. The Morgan fingerprint density at radius 2 is 2.11 bits per heavy atom. The van der Waals surface area contributed by atoms with Crippen LogP contribution in [0.25, 0.3) is 0 Å². The third-order valence-corrected chi connectivity index (χ3v) is 2.76. The van der Waals surface area contributed by atoms with Crippen LogP contribution in [0.1, 0.15) is 18.9 Å². The summed E-state index contributed by atoms with van der Waals surface area (Å²) in [6, 6.07) is 11.6. The van der Waals surface area contributed by atoms with E-state index in [1.807, 2.05) is 43.3 Å². The molecule has 0 bridgehead atoms. The lowest BCUT2D eigenvalue weighted by Crippen LogP contribution is -2.37. The topological polar surface area (TPSA) is 64.3 Å². The molecule has 1 amide bonds. The van der Waals surface area contributed by atoms with Gasteiger partial charge in [-0.3, -0.25) is 4.79 Å². The summed E-state index contributed by atoms with van der Waals surface area (Å²) in [5, 5.41) is 17.9. The molecule has 18 heavy (non-hydrogen) atoms. The van der Waals surface area contributed by atoms with Crippen molar-refractivity contribution in [3.63, 3.8) is 0 Å². The molecule has 1 rings (SSSR count). The molecular weight excluding hydrogens is 228 g/mol. The summed E-state index contributed by atoms with van der Waals surface area (Å²) in [4.78, 5) is 13.6. The number of hydrogen-bond donors (Lipinski definition) is 1. The molecule has 1 unspecified atom stereocenters. The lowest BCUT2D eigenvalue weighted by atomic mass is 10.1. The summed E-state index contributed by atoms with van der Waals surface area (Å²) in [7, 11) is 0. The zero-order valence-electron chi connectivity index (χ0n) is 10.5. The Hall–Kier alpha value is -1.86. The van der Waals surface area contributed by atoms with Gasteiger partial charge in [-0.15, -0.1) is 0 Å². The highest BCUT2D eigenvalue weighted by Gasteiger charge is 2.22. The Balaban J connectivity index is 2.77. The van der Waals surface area contributed by atoms with Crippen LogP contribution in [0.15, 0.2) is 30.3 Å². The summed E-state index contributed by atoms with van der Waals surface area (Å²) in [5.74, 6) is -0.835. The lowest BCUT2D eigenvalue weighted by molar-refractivity contribution is -0.135. The van der Waals surface area contributed by atoms with Gasteiger partial charge in [0.25, 0.3) is 0 Å².